The maximum atomic E-state index is 11.7. The molecule has 6 heteroatoms. The maximum Gasteiger partial charge on any atom is 0.408 e. The Morgan fingerprint density at radius 3 is 2.17 bits per heavy atom. The van der Waals surface area contributed by atoms with Crippen LogP contribution in [-0.4, -0.2) is 50.5 Å². The molecule has 1 saturated heterocycles. The van der Waals surface area contributed by atoms with Gasteiger partial charge >= 0.3 is 12.1 Å². The lowest BCUT2D eigenvalue weighted by atomic mass is 9.68. The lowest BCUT2D eigenvalue weighted by molar-refractivity contribution is -0.155. The van der Waals surface area contributed by atoms with E-state index in [2.05, 4.69) is 0 Å². The number of nitrogens with zero attached hydrogens (tertiary/aromatic N) is 1. The summed E-state index contributed by atoms with van der Waals surface area (Å²) in [6.07, 6.45) is -2.29. The van der Waals surface area contributed by atoms with Crippen molar-refractivity contribution in [3.8, 4) is 0 Å². The lowest BCUT2D eigenvalue weighted by Crippen LogP contribution is -2.59. The number of aliphatic hydroxyl groups is 1. The minimum Gasteiger partial charge on any atom is -0.479 e. The Balaban J connectivity index is 3.30. The molecule has 0 aromatic carbocycles. The molecule has 6 nitrogen and oxygen atoms in total. The van der Waals surface area contributed by atoms with E-state index in [-0.39, 0.29) is 18.4 Å². The van der Waals surface area contributed by atoms with Crippen molar-refractivity contribution in [3.05, 3.63) is 0 Å². The van der Waals surface area contributed by atoms with Crippen LogP contribution in [0.2, 0.25) is 0 Å². The molecule has 104 valence electrons. The van der Waals surface area contributed by atoms with Gasteiger partial charge in [0.2, 0.25) is 0 Å². The predicted octanol–water partition coefficient (Wildman–Crippen LogP) is 1.24. The zero-order valence-corrected chi connectivity index (χ0v) is 11.2. The Hall–Kier alpha value is -1.30. The summed E-state index contributed by atoms with van der Waals surface area (Å²) in [4.78, 5) is 23.8. The van der Waals surface area contributed by atoms with Gasteiger partial charge in [0.25, 0.3) is 0 Å². The number of hydrogen-bond donors (Lipinski definition) is 3. The molecule has 1 aliphatic rings. The number of likely N-dealkylation sites (tertiary alicyclic amines) is 1. The van der Waals surface area contributed by atoms with Gasteiger partial charge in [0, 0.05) is 6.42 Å². The molecule has 18 heavy (non-hydrogen) atoms. The number of β-amino-alcohol motifs (C(OH)–C–C–N with tert-alkyl or cyclic N) is 1. The summed E-state index contributed by atoms with van der Waals surface area (Å²) in [7, 11) is 0. The molecule has 0 aliphatic carbocycles. The average molecular weight is 259 g/mol. The Bertz CT molecular complexity index is 362. The number of carbonyl (C=O) groups is 2. The second-order valence-corrected chi connectivity index (χ2v) is 6.07. The lowest BCUT2D eigenvalue weighted by Gasteiger charge is -2.43. The molecule has 0 bridgehead atoms. The van der Waals surface area contributed by atoms with Crippen LogP contribution in [0.1, 0.15) is 34.1 Å². The third-order valence-electron chi connectivity index (χ3n) is 4.04. The molecule has 1 unspecified atom stereocenters. The molecule has 0 saturated carbocycles. The molecule has 3 atom stereocenters. The molecule has 0 radical (unpaired) electrons. The van der Waals surface area contributed by atoms with Crippen LogP contribution in [0.3, 0.4) is 0 Å². The van der Waals surface area contributed by atoms with Crippen molar-refractivity contribution in [3.63, 3.8) is 0 Å². The fourth-order valence-electron chi connectivity index (χ4n) is 2.67. The van der Waals surface area contributed by atoms with Crippen molar-refractivity contribution in [2.24, 2.45) is 11.3 Å². The Morgan fingerprint density at radius 1 is 1.33 bits per heavy atom. The minimum atomic E-state index is -1.55. The summed E-state index contributed by atoms with van der Waals surface area (Å²) < 4.78 is 0. The maximum absolute atomic E-state index is 11.7. The Kier molecular flexibility index (Phi) is 3.63. The summed E-state index contributed by atoms with van der Waals surface area (Å²) in [6.45, 7) is 7.18. The van der Waals surface area contributed by atoms with Crippen LogP contribution in [0.5, 0.6) is 0 Å². The second-order valence-electron chi connectivity index (χ2n) is 6.07. The Labute approximate surface area is 106 Å². The van der Waals surface area contributed by atoms with Crippen molar-refractivity contribution in [2.45, 2.75) is 45.8 Å². The first-order valence-corrected chi connectivity index (χ1v) is 5.95. The molecule has 0 spiro atoms. The van der Waals surface area contributed by atoms with E-state index in [0.717, 1.165) is 4.90 Å². The van der Waals surface area contributed by atoms with E-state index in [1.54, 1.807) is 6.92 Å². The minimum absolute atomic E-state index is 0.0624. The van der Waals surface area contributed by atoms with E-state index in [1.165, 1.54) is 0 Å². The summed E-state index contributed by atoms with van der Waals surface area (Å²) in [5.41, 5.74) is -1.93. The average Bonchev–Trinajstić information content (AvgIpc) is 2.54. The van der Waals surface area contributed by atoms with Crippen molar-refractivity contribution in [2.75, 3.05) is 6.54 Å². The number of carboxylic acids is 1. The highest BCUT2D eigenvalue weighted by atomic mass is 16.4. The van der Waals surface area contributed by atoms with Crippen LogP contribution < -0.4 is 0 Å². The topological polar surface area (TPSA) is 98.1 Å². The van der Waals surface area contributed by atoms with Crippen LogP contribution in [0.4, 0.5) is 4.79 Å². The molecular formula is C12H21NO5. The van der Waals surface area contributed by atoms with Crippen LogP contribution in [0, 0.1) is 11.3 Å². The van der Waals surface area contributed by atoms with Crippen LogP contribution in [-0.2, 0) is 4.79 Å². The molecule has 1 heterocycles. The highest BCUT2D eigenvalue weighted by Crippen LogP contribution is 2.44. The van der Waals surface area contributed by atoms with E-state index < -0.39 is 29.6 Å². The SMILES string of the molecule is CC(C(C)(C)C)[C@]1(C(=O)O)C[C@@H](O)CN1C(=O)O. The number of aliphatic carboxylic acids is 1. The number of carboxylic acid groups (broad SMARTS) is 2. The molecule has 1 aliphatic heterocycles. The van der Waals surface area contributed by atoms with Crippen LogP contribution in [0.15, 0.2) is 0 Å². The first-order chi connectivity index (χ1) is 8.03. The van der Waals surface area contributed by atoms with Gasteiger partial charge in [0.05, 0.1) is 12.6 Å². The summed E-state index contributed by atoms with van der Waals surface area (Å²) in [5.74, 6) is -1.61. The van der Waals surface area contributed by atoms with Crippen molar-refractivity contribution in [1.29, 1.82) is 0 Å². The van der Waals surface area contributed by atoms with E-state index in [1.807, 2.05) is 20.8 Å². The summed E-state index contributed by atoms with van der Waals surface area (Å²) in [6, 6.07) is 0. The third kappa shape index (κ3) is 2.16. The van der Waals surface area contributed by atoms with Crippen molar-refractivity contribution < 1.29 is 24.9 Å². The first kappa shape index (κ1) is 14.8. The quantitative estimate of drug-likeness (QED) is 0.693. The molecular weight excluding hydrogens is 238 g/mol. The van der Waals surface area contributed by atoms with Crippen molar-refractivity contribution in [1.82, 2.24) is 4.90 Å². The van der Waals surface area contributed by atoms with Gasteiger partial charge in [-0.05, 0) is 11.3 Å². The monoisotopic (exact) mass is 259 g/mol. The second kappa shape index (κ2) is 4.42. The standard InChI is InChI=1S/C12H21NO5/c1-7(11(2,3)4)12(9(15)16)5-8(14)6-13(12)10(17)18/h7-8,14H,5-6H2,1-4H3,(H,15,16)(H,17,18)/t7?,8-,12+/m1/s1. The van der Waals surface area contributed by atoms with Crippen LogP contribution in [0.25, 0.3) is 0 Å². The van der Waals surface area contributed by atoms with Gasteiger partial charge < -0.3 is 15.3 Å². The smallest absolute Gasteiger partial charge is 0.408 e. The van der Waals surface area contributed by atoms with Gasteiger partial charge in [-0.3, -0.25) is 4.90 Å². The molecule has 0 aromatic rings. The normalized spacial score (nSPS) is 30.3. The highest BCUT2D eigenvalue weighted by Gasteiger charge is 2.59. The molecule has 0 aromatic heterocycles. The summed E-state index contributed by atoms with van der Waals surface area (Å²) in [5, 5.41) is 28.4. The fraction of sp³-hybridized carbons (Fsp3) is 0.833. The third-order valence-corrected chi connectivity index (χ3v) is 4.04. The van der Waals surface area contributed by atoms with Gasteiger partial charge in [-0.1, -0.05) is 27.7 Å². The van der Waals surface area contributed by atoms with E-state index in [0.29, 0.717) is 0 Å². The molecule has 1 amide bonds. The first-order valence-electron chi connectivity index (χ1n) is 5.95. The number of aliphatic hydroxyl groups excluding tert-OH is 1. The van der Waals surface area contributed by atoms with Crippen LogP contribution >= 0.6 is 0 Å². The number of amides is 1. The highest BCUT2D eigenvalue weighted by molar-refractivity contribution is 5.85. The molecule has 1 fully saturated rings. The largest absolute Gasteiger partial charge is 0.479 e. The van der Waals surface area contributed by atoms with Gasteiger partial charge in [-0.15, -0.1) is 0 Å². The number of rotatable bonds is 2. The zero-order valence-electron chi connectivity index (χ0n) is 11.2. The molecule has 1 rings (SSSR count). The van der Waals surface area contributed by atoms with E-state index in [4.69, 9.17) is 0 Å². The van der Waals surface area contributed by atoms with Gasteiger partial charge in [0.1, 0.15) is 5.54 Å². The van der Waals surface area contributed by atoms with Gasteiger partial charge in [-0.2, -0.15) is 0 Å². The van der Waals surface area contributed by atoms with E-state index >= 15 is 0 Å². The number of hydrogen-bond acceptors (Lipinski definition) is 3. The zero-order chi connectivity index (χ0) is 14.3. The van der Waals surface area contributed by atoms with Gasteiger partial charge in [0.15, 0.2) is 0 Å². The Morgan fingerprint density at radius 2 is 1.83 bits per heavy atom. The summed E-state index contributed by atoms with van der Waals surface area (Å²) >= 11 is 0. The fourth-order valence-corrected chi connectivity index (χ4v) is 2.67. The van der Waals surface area contributed by atoms with Gasteiger partial charge in [-0.25, -0.2) is 9.59 Å². The van der Waals surface area contributed by atoms with E-state index in [9.17, 15) is 24.9 Å². The molecule has 3 N–H and O–H groups in total. The van der Waals surface area contributed by atoms with Crippen molar-refractivity contribution >= 4 is 12.1 Å². The predicted molar refractivity (Wildman–Crippen MR) is 64.3 cm³/mol.